The molecule has 0 aromatic heterocycles. The van der Waals surface area contributed by atoms with Gasteiger partial charge in [-0.3, -0.25) is 0 Å². The summed E-state index contributed by atoms with van der Waals surface area (Å²) in [6.45, 7) is 8.64. The van der Waals surface area contributed by atoms with Gasteiger partial charge < -0.3 is 5.11 Å². The van der Waals surface area contributed by atoms with E-state index >= 15 is 0 Å². The molecule has 0 amide bonds. The molecule has 100 valence electrons. The van der Waals surface area contributed by atoms with E-state index in [-0.39, 0.29) is 0 Å². The van der Waals surface area contributed by atoms with E-state index in [2.05, 4.69) is 39.8 Å². The van der Waals surface area contributed by atoms with Crippen molar-refractivity contribution < 1.29 is 5.11 Å². The van der Waals surface area contributed by atoms with Crippen LogP contribution in [0.5, 0.6) is 0 Å². The van der Waals surface area contributed by atoms with Gasteiger partial charge in [-0.1, -0.05) is 38.3 Å². The van der Waals surface area contributed by atoms with Gasteiger partial charge in [0, 0.05) is 0 Å². The maximum Gasteiger partial charge on any atom is 0.0927 e. The summed E-state index contributed by atoms with van der Waals surface area (Å²) in [6.07, 6.45) is 5.58. The quantitative estimate of drug-likeness (QED) is 0.820. The van der Waals surface area contributed by atoms with Gasteiger partial charge >= 0.3 is 0 Å². The molecule has 0 bridgehead atoms. The van der Waals surface area contributed by atoms with Crippen LogP contribution in [0, 0.1) is 26.7 Å². The van der Waals surface area contributed by atoms with Crippen molar-refractivity contribution >= 4 is 0 Å². The normalized spacial score (nSPS) is 28.4. The zero-order valence-electron chi connectivity index (χ0n) is 12.2. The highest BCUT2D eigenvalue weighted by atomic mass is 16.3. The molecule has 2 atom stereocenters. The molecule has 2 rings (SSSR count). The Morgan fingerprint density at radius 2 is 1.78 bits per heavy atom. The molecule has 0 saturated heterocycles. The second kappa shape index (κ2) is 5.05. The van der Waals surface area contributed by atoms with E-state index in [1.54, 1.807) is 0 Å². The van der Waals surface area contributed by atoms with Gasteiger partial charge in [0.15, 0.2) is 0 Å². The fourth-order valence-corrected chi connectivity index (χ4v) is 3.55. The number of aliphatic hydroxyl groups is 1. The van der Waals surface area contributed by atoms with Crippen molar-refractivity contribution in [2.45, 2.75) is 65.4 Å². The van der Waals surface area contributed by atoms with Crippen molar-refractivity contribution in [3.63, 3.8) is 0 Å². The van der Waals surface area contributed by atoms with Crippen LogP contribution in [0.4, 0.5) is 0 Å². The summed E-state index contributed by atoms with van der Waals surface area (Å²) in [6, 6.07) is 4.45. The van der Waals surface area contributed by atoms with Gasteiger partial charge in [-0.25, -0.2) is 0 Å². The first-order valence-electron chi connectivity index (χ1n) is 7.29. The lowest BCUT2D eigenvalue weighted by atomic mass is 9.69. The smallest absolute Gasteiger partial charge is 0.0927 e. The predicted molar refractivity (Wildman–Crippen MR) is 76.8 cm³/mol. The second-order valence-corrected chi connectivity index (χ2v) is 6.03. The molecular formula is C17H26O. The van der Waals surface area contributed by atoms with Crippen LogP contribution in [0.15, 0.2) is 12.1 Å². The lowest BCUT2D eigenvalue weighted by Gasteiger charge is -2.41. The van der Waals surface area contributed by atoms with Crippen LogP contribution in [0.3, 0.4) is 0 Å². The van der Waals surface area contributed by atoms with Crippen molar-refractivity contribution in [2.75, 3.05) is 0 Å². The van der Waals surface area contributed by atoms with Gasteiger partial charge in [-0.2, -0.15) is 0 Å². The Balaban J connectivity index is 2.48. The zero-order valence-corrected chi connectivity index (χ0v) is 12.2. The van der Waals surface area contributed by atoms with Crippen molar-refractivity contribution in [2.24, 2.45) is 5.92 Å². The first-order chi connectivity index (χ1) is 8.49. The van der Waals surface area contributed by atoms with Crippen molar-refractivity contribution in [1.82, 2.24) is 0 Å². The maximum absolute atomic E-state index is 11.2. The molecular weight excluding hydrogens is 220 g/mol. The molecule has 1 aromatic carbocycles. The van der Waals surface area contributed by atoms with Crippen LogP contribution in [0.2, 0.25) is 0 Å². The molecule has 18 heavy (non-hydrogen) atoms. The number of hydrogen-bond donors (Lipinski definition) is 1. The summed E-state index contributed by atoms with van der Waals surface area (Å²) in [5.74, 6) is 0.423. The highest BCUT2D eigenvalue weighted by Crippen LogP contribution is 2.44. The third-order valence-corrected chi connectivity index (χ3v) is 4.84. The summed E-state index contributed by atoms with van der Waals surface area (Å²) in [4.78, 5) is 0. The van der Waals surface area contributed by atoms with Crippen LogP contribution in [-0.2, 0) is 5.60 Å². The van der Waals surface area contributed by atoms with E-state index in [1.807, 2.05) is 0 Å². The summed E-state index contributed by atoms with van der Waals surface area (Å²) < 4.78 is 0. The highest BCUT2D eigenvalue weighted by molar-refractivity contribution is 5.40. The largest absolute Gasteiger partial charge is 0.385 e. The molecule has 1 saturated carbocycles. The van der Waals surface area contributed by atoms with Crippen molar-refractivity contribution in [1.29, 1.82) is 0 Å². The van der Waals surface area contributed by atoms with Gasteiger partial charge in [0.1, 0.15) is 0 Å². The molecule has 0 aliphatic heterocycles. The standard InChI is InChI=1S/C17H26O/c1-5-15-8-6-7-9-17(15,18)16-11-13(3)12(2)10-14(16)4/h10-11,15,18H,5-9H2,1-4H3. The molecule has 1 heteroatoms. The molecule has 2 unspecified atom stereocenters. The summed E-state index contributed by atoms with van der Waals surface area (Å²) in [5, 5.41) is 11.2. The van der Waals surface area contributed by atoms with E-state index in [1.165, 1.54) is 35.1 Å². The highest BCUT2D eigenvalue weighted by Gasteiger charge is 2.40. The minimum Gasteiger partial charge on any atom is -0.385 e. The van der Waals surface area contributed by atoms with Crippen LogP contribution in [-0.4, -0.2) is 5.11 Å². The fraction of sp³-hybridized carbons (Fsp3) is 0.647. The Morgan fingerprint density at radius 1 is 1.11 bits per heavy atom. The van der Waals surface area contributed by atoms with Gasteiger partial charge in [0.25, 0.3) is 0 Å². The summed E-state index contributed by atoms with van der Waals surface area (Å²) in [7, 11) is 0. The maximum atomic E-state index is 11.2. The van der Waals surface area contributed by atoms with E-state index in [0.29, 0.717) is 5.92 Å². The lowest BCUT2D eigenvalue weighted by Crippen LogP contribution is -2.38. The third kappa shape index (κ3) is 2.21. The first kappa shape index (κ1) is 13.6. The Kier molecular flexibility index (Phi) is 3.82. The van der Waals surface area contributed by atoms with Crippen LogP contribution in [0.25, 0.3) is 0 Å². The molecule has 1 aromatic rings. The summed E-state index contributed by atoms with van der Waals surface area (Å²) >= 11 is 0. The number of benzene rings is 1. The third-order valence-electron chi connectivity index (χ3n) is 4.84. The molecule has 1 aliphatic rings. The molecule has 0 spiro atoms. The van der Waals surface area contributed by atoms with Crippen molar-refractivity contribution in [3.05, 3.63) is 34.4 Å². The second-order valence-electron chi connectivity index (χ2n) is 6.03. The van der Waals surface area contributed by atoms with E-state index in [9.17, 15) is 5.11 Å². The molecule has 1 N–H and O–H groups in total. The Morgan fingerprint density at radius 3 is 2.44 bits per heavy atom. The average molecular weight is 246 g/mol. The Labute approximate surface area is 111 Å². The van der Waals surface area contributed by atoms with Gasteiger partial charge in [-0.05, 0) is 61.8 Å². The monoisotopic (exact) mass is 246 g/mol. The Hall–Kier alpha value is -0.820. The Bertz CT molecular complexity index is 435. The van der Waals surface area contributed by atoms with Crippen LogP contribution < -0.4 is 0 Å². The van der Waals surface area contributed by atoms with E-state index < -0.39 is 5.60 Å². The van der Waals surface area contributed by atoms with Gasteiger partial charge in [0.2, 0.25) is 0 Å². The topological polar surface area (TPSA) is 20.2 Å². The summed E-state index contributed by atoms with van der Waals surface area (Å²) in [5.41, 5.74) is 4.46. The number of rotatable bonds is 2. The van der Waals surface area contributed by atoms with Crippen LogP contribution in [0.1, 0.15) is 61.3 Å². The lowest BCUT2D eigenvalue weighted by molar-refractivity contribution is -0.0562. The number of aryl methyl sites for hydroxylation is 3. The number of hydrogen-bond acceptors (Lipinski definition) is 1. The molecule has 0 heterocycles. The molecule has 0 radical (unpaired) electrons. The SMILES string of the molecule is CCC1CCCCC1(O)c1cc(C)c(C)cc1C. The van der Waals surface area contributed by atoms with Gasteiger partial charge in [0.05, 0.1) is 5.60 Å². The fourth-order valence-electron chi connectivity index (χ4n) is 3.55. The predicted octanol–water partition coefficient (Wildman–Crippen LogP) is 4.40. The average Bonchev–Trinajstić information content (AvgIpc) is 2.34. The van der Waals surface area contributed by atoms with Gasteiger partial charge in [-0.15, -0.1) is 0 Å². The van der Waals surface area contributed by atoms with E-state index in [0.717, 1.165) is 19.3 Å². The minimum absolute atomic E-state index is 0.423. The molecule has 1 fully saturated rings. The molecule has 1 aliphatic carbocycles. The minimum atomic E-state index is -0.588. The first-order valence-corrected chi connectivity index (χ1v) is 7.29. The zero-order chi connectivity index (χ0) is 13.3. The van der Waals surface area contributed by atoms with Crippen molar-refractivity contribution in [3.8, 4) is 0 Å². The van der Waals surface area contributed by atoms with Crippen LogP contribution >= 0.6 is 0 Å². The van der Waals surface area contributed by atoms with E-state index in [4.69, 9.17) is 0 Å². The molecule has 1 nitrogen and oxygen atoms in total.